The molecular weight excluding hydrogens is 362 g/mol. The smallest absolute Gasteiger partial charge is 0.252 e. The molecule has 0 aliphatic heterocycles. The minimum Gasteiger partial charge on any atom is -0.351 e. The Bertz CT molecular complexity index is 831. The van der Waals surface area contributed by atoms with Crippen molar-refractivity contribution in [3.8, 4) is 0 Å². The van der Waals surface area contributed by atoms with Gasteiger partial charge in [-0.05, 0) is 36.1 Å². The monoisotopic (exact) mass is 381 g/mol. The molecule has 1 unspecified atom stereocenters. The van der Waals surface area contributed by atoms with Crippen LogP contribution < -0.4 is 15.8 Å². The average Bonchev–Trinajstić information content (AvgIpc) is 3.08. The summed E-state index contributed by atoms with van der Waals surface area (Å²) in [4.78, 5) is 23.7. The Morgan fingerprint density at radius 2 is 1.88 bits per heavy atom. The van der Waals surface area contributed by atoms with Crippen molar-refractivity contribution in [1.82, 2.24) is 10.6 Å². The second-order valence-corrected chi connectivity index (χ2v) is 7.76. The van der Waals surface area contributed by atoms with Crippen LogP contribution in [0.2, 0.25) is 0 Å². The van der Waals surface area contributed by atoms with Crippen molar-refractivity contribution < 1.29 is 18.0 Å². The Morgan fingerprint density at radius 1 is 1.20 bits per heavy atom. The van der Waals surface area contributed by atoms with Gasteiger partial charge in [-0.3, -0.25) is 9.59 Å². The van der Waals surface area contributed by atoms with E-state index in [1.165, 1.54) is 23.5 Å². The lowest BCUT2D eigenvalue weighted by Crippen LogP contribution is -2.32. The largest absolute Gasteiger partial charge is 0.351 e. The van der Waals surface area contributed by atoms with Crippen LogP contribution in [0.15, 0.2) is 46.0 Å². The Kier molecular flexibility index (Phi) is 6.29. The van der Waals surface area contributed by atoms with Crippen molar-refractivity contribution in [2.45, 2.75) is 24.3 Å². The first-order valence-corrected chi connectivity index (χ1v) is 9.99. The Labute approximate surface area is 150 Å². The van der Waals surface area contributed by atoms with Gasteiger partial charge in [0.1, 0.15) is 0 Å². The molecule has 4 N–H and O–H groups in total. The highest BCUT2D eigenvalue weighted by molar-refractivity contribution is 7.89. The maximum atomic E-state index is 11.9. The number of carbonyl (C=O) groups excluding carboxylic acids is 2. The van der Waals surface area contributed by atoms with Gasteiger partial charge in [0.15, 0.2) is 0 Å². The highest BCUT2D eigenvalue weighted by Crippen LogP contribution is 2.15. The first kappa shape index (κ1) is 19.1. The van der Waals surface area contributed by atoms with Crippen molar-refractivity contribution in [2.75, 3.05) is 6.54 Å². The van der Waals surface area contributed by atoms with Crippen molar-refractivity contribution in [3.05, 3.63) is 52.2 Å². The quantitative estimate of drug-likeness (QED) is 0.671. The summed E-state index contributed by atoms with van der Waals surface area (Å²) in [6.45, 7) is 2.02. The third-order valence-electron chi connectivity index (χ3n) is 3.51. The van der Waals surface area contributed by atoms with E-state index < -0.39 is 10.0 Å². The summed E-state index contributed by atoms with van der Waals surface area (Å²) in [6, 6.07) is 7.41. The Balaban J connectivity index is 1.80. The molecule has 2 amide bonds. The molecule has 0 spiro atoms. The second kappa shape index (κ2) is 8.24. The molecule has 2 rings (SSSR count). The van der Waals surface area contributed by atoms with E-state index in [1.807, 2.05) is 5.38 Å². The summed E-state index contributed by atoms with van der Waals surface area (Å²) in [7, 11) is -3.73. The molecule has 0 saturated carbocycles. The summed E-state index contributed by atoms with van der Waals surface area (Å²) in [5, 5.41) is 14.1. The van der Waals surface area contributed by atoms with Crippen LogP contribution in [0, 0.1) is 0 Å². The third-order valence-corrected chi connectivity index (χ3v) is 5.12. The number of sulfonamides is 1. The highest BCUT2D eigenvalue weighted by Gasteiger charge is 2.12. The van der Waals surface area contributed by atoms with Gasteiger partial charge in [-0.15, -0.1) is 0 Å². The Morgan fingerprint density at radius 3 is 2.44 bits per heavy atom. The fraction of sp³-hybridized carbons (Fsp3) is 0.250. The molecule has 1 aromatic heterocycles. The van der Waals surface area contributed by atoms with Crippen LogP contribution in [0.3, 0.4) is 0 Å². The summed E-state index contributed by atoms with van der Waals surface area (Å²) in [5.74, 6) is -0.422. The van der Waals surface area contributed by atoms with Crippen molar-refractivity contribution in [3.63, 3.8) is 0 Å². The van der Waals surface area contributed by atoms with Gasteiger partial charge in [-0.25, -0.2) is 13.6 Å². The van der Waals surface area contributed by atoms with Gasteiger partial charge < -0.3 is 10.6 Å². The van der Waals surface area contributed by atoms with Gasteiger partial charge in [0, 0.05) is 23.9 Å². The van der Waals surface area contributed by atoms with Crippen LogP contribution in [0.25, 0.3) is 0 Å². The maximum absolute atomic E-state index is 11.9. The number of amides is 2. The van der Waals surface area contributed by atoms with E-state index in [-0.39, 0.29) is 35.7 Å². The van der Waals surface area contributed by atoms with Crippen molar-refractivity contribution in [2.24, 2.45) is 5.14 Å². The summed E-state index contributed by atoms with van der Waals surface area (Å²) >= 11 is 1.43. The van der Waals surface area contributed by atoms with E-state index in [0.717, 1.165) is 5.56 Å². The predicted molar refractivity (Wildman–Crippen MR) is 95.6 cm³/mol. The minimum atomic E-state index is -3.73. The minimum absolute atomic E-state index is 0.0194. The molecule has 1 atom stereocenters. The summed E-state index contributed by atoms with van der Waals surface area (Å²) in [5.41, 5.74) is 1.33. The van der Waals surface area contributed by atoms with Crippen molar-refractivity contribution >= 4 is 33.2 Å². The number of nitrogens with one attached hydrogen (secondary N) is 2. The fourth-order valence-corrected chi connectivity index (χ4v) is 3.28. The third kappa shape index (κ3) is 5.66. The molecule has 0 bridgehead atoms. The first-order valence-electron chi connectivity index (χ1n) is 7.50. The van der Waals surface area contributed by atoms with Gasteiger partial charge in [-0.1, -0.05) is 12.1 Å². The van der Waals surface area contributed by atoms with E-state index in [1.54, 1.807) is 30.5 Å². The molecular formula is C16H19N3O4S2. The van der Waals surface area contributed by atoms with Crippen LogP contribution in [-0.4, -0.2) is 26.8 Å². The standard InChI is InChI=1S/C16H19N3O4S2/c1-11(12-2-4-14(5-3-12)25(17,22)23)19-15(20)6-8-18-16(21)13-7-9-24-10-13/h2-5,7,9-11H,6,8H2,1H3,(H,18,21)(H,19,20)(H2,17,22,23). The van der Waals surface area contributed by atoms with Gasteiger partial charge >= 0.3 is 0 Å². The lowest BCUT2D eigenvalue weighted by atomic mass is 10.1. The van der Waals surface area contributed by atoms with Crippen LogP contribution in [-0.2, 0) is 14.8 Å². The normalized spacial score (nSPS) is 12.4. The number of benzene rings is 1. The van der Waals surface area contributed by atoms with Crippen LogP contribution in [0.1, 0.15) is 35.3 Å². The number of rotatable bonds is 7. The number of hydrogen-bond donors (Lipinski definition) is 3. The number of thiophene rings is 1. The lowest BCUT2D eigenvalue weighted by molar-refractivity contribution is -0.121. The second-order valence-electron chi connectivity index (χ2n) is 5.42. The SMILES string of the molecule is CC(NC(=O)CCNC(=O)c1ccsc1)c1ccc(S(N)(=O)=O)cc1. The Hall–Kier alpha value is -2.23. The van der Waals surface area contributed by atoms with Gasteiger partial charge in [0.05, 0.1) is 10.9 Å². The van der Waals surface area contributed by atoms with Crippen LogP contribution in [0.4, 0.5) is 0 Å². The molecule has 0 saturated heterocycles. The average molecular weight is 381 g/mol. The molecule has 25 heavy (non-hydrogen) atoms. The van der Waals surface area contributed by atoms with Crippen LogP contribution >= 0.6 is 11.3 Å². The molecule has 1 aromatic carbocycles. The number of primary sulfonamides is 1. The molecule has 9 heteroatoms. The number of hydrogen-bond acceptors (Lipinski definition) is 5. The molecule has 7 nitrogen and oxygen atoms in total. The maximum Gasteiger partial charge on any atom is 0.252 e. The molecule has 0 aliphatic rings. The van der Waals surface area contributed by atoms with Gasteiger partial charge in [0.25, 0.3) is 5.91 Å². The fourth-order valence-electron chi connectivity index (χ4n) is 2.13. The zero-order valence-electron chi connectivity index (χ0n) is 13.6. The van der Waals surface area contributed by atoms with Crippen LogP contribution in [0.5, 0.6) is 0 Å². The number of nitrogens with two attached hydrogens (primary N) is 1. The van der Waals surface area contributed by atoms with E-state index in [0.29, 0.717) is 5.56 Å². The number of carbonyl (C=O) groups is 2. The van der Waals surface area contributed by atoms with Gasteiger partial charge in [0.2, 0.25) is 15.9 Å². The zero-order chi connectivity index (χ0) is 18.4. The van der Waals surface area contributed by atoms with E-state index >= 15 is 0 Å². The van der Waals surface area contributed by atoms with E-state index in [4.69, 9.17) is 5.14 Å². The molecule has 0 fully saturated rings. The van der Waals surface area contributed by atoms with E-state index in [9.17, 15) is 18.0 Å². The zero-order valence-corrected chi connectivity index (χ0v) is 15.2. The summed E-state index contributed by atoms with van der Waals surface area (Å²) in [6.07, 6.45) is 0.148. The van der Waals surface area contributed by atoms with Crippen molar-refractivity contribution in [1.29, 1.82) is 0 Å². The van der Waals surface area contributed by atoms with Gasteiger partial charge in [-0.2, -0.15) is 11.3 Å². The molecule has 2 aromatic rings. The molecule has 1 heterocycles. The molecule has 134 valence electrons. The summed E-state index contributed by atoms with van der Waals surface area (Å²) < 4.78 is 22.4. The topological polar surface area (TPSA) is 118 Å². The molecule has 0 aliphatic carbocycles. The highest BCUT2D eigenvalue weighted by atomic mass is 32.2. The predicted octanol–water partition coefficient (Wildman–Crippen LogP) is 1.39. The first-order chi connectivity index (χ1) is 11.8. The lowest BCUT2D eigenvalue weighted by Gasteiger charge is -2.15. The van der Waals surface area contributed by atoms with E-state index in [2.05, 4.69) is 10.6 Å². The molecule has 0 radical (unpaired) electrons.